The molecule has 1 amide bonds. The van der Waals surface area contributed by atoms with Crippen LogP contribution < -0.4 is 15.4 Å². The van der Waals surface area contributed by atoms with Crippen LogP contribution in [0, 0.1) is 0 Å². The third-order valence-electron chi connectivity index (χ3n) is 5.48. The molecule has 0 fully saturated rings. The van der Waals surface area contributed by atoms with E-state index in [2.05, 4.69) is 15.6 Å². The number of nitrogens with zero attached hydrogens (tertiary/aromatic N) is 1. The van der Waals surface area contributed by atoms with Crippen LogP contribution in [-0.2, 0) is 11.0 Å². The highest BCUT2D eigenvalue weighted by atomic mass is 35.5. The lowest BCUT2D eigenvalue weighted by atomic mass is 9.89. The molecule has 0 bridgehead atoms. The molecule has 180 valence electrons. The minimum Gasteiger partial charge on any atom is -0.495 e. The van der Waals surface area contributed by atoms with E-state index in [9.17, 15) is 18.0 Å². The third kappa shape index (κ3) is 6.27. The van der Waals surface area contributed by atoms with Crippen molar-refractivity contribution in [1.29, 1.82) is 0 Å². The van der Waals surface area contributed by atoms with Gasteiger partial charge in [0, 0.05) is 19.2 Å². The Bertz CT molecular complexity index is 1090. The van der Waals surface area contributed by atoms with Crippen LogP contribution in [0.15, 0.2) is 66.9 Å². The normalized spacial score (nSPS) is 13.2. The van der Waals surface area contributed by atoms with Gasteiger partial charge in [-0.05, 0) is 47.9 Å². The molecule has 3 aromatic rings. The molecule has 2 atom stereocenters. The Balaban J connectivity index is 1.87. The average molecular weight is 492 g/mol. The van der Waals surface area contributed by atoms with Gasteiger partial charge in [-0.2, -0.15) is 13.2 Å². The van der Waals surface area contributed by atoms with E-state index in [1.165, 1.54) is 19.4 Å². The number of halogens is 4. The summed E-state index contributed by atoms with van der Waals surface area (Å²) >= 11 is 6.16. The maximum atomic E-state index is 13.0. The van der Waals surface area contributed by atoms with Gasteiger partial charge in [-0.15, -0.1) is 0 Å². The molecule has 34 heavy (non-hydrogen) atoms. The van der Waals surface area contributed by atoms with Crippen molar-refractivity contribution in [2.45, 2.75) is 24.6 Å². The van der Waals surface area contributed by atoms with Crippen molar-refractivity contribution in [2.24, 2.45) is 0 Å². The maximum Gasteiger partial charge on any atom is 0.433 e. The van der Waals surface area contributed by atoms with Gasteiger partial charge in [0.05, 0.1) is 12.1 Å². The molecule has 0 aliphatic rings. The predicted molar refractivity (Wildman–Crippen MR) is 125 cm³/mol. The van der Waals surface area contributed by atoms with E-state index in [0.29, 0.717) is 29.3 Å². The van der Waals surface area contributed by atoms with E-state index in [1.54, 1.807) is 25.2 Å². The number of hydrogen-bond donors (Lipinski definition) is 2. The lowest BCUT2D eigenvalue weighted by Crippen LogP contribution is -2.36. The van der Waals surface area contributed by atoms with Crippen LogP contribution in [0.3, 0.4) is 0 Å². The molecular weight excluding hydrogens is 467 g/mol. The zero-order chi connectivity index (χ0) is 24.7. The average Bonchev–Trinajstić information content (AvgIpc) is 2.84. The molecule has 2 N–H and O–H groups in total. The fourth-order valence-corrected chi connectivity index (χ4v) is 3.92. The number of amides is 1. The Kier molecular flexibility index (Phi) is 8.52. The molecule has 0 spiro atoms. The molecule has 1 aromatic heterocycles. The number of aromatic nitrogens is 1. The standard InChI is InChI=1S/C25H25ClF3N3O2/c1-30-24(33)23(16-6-4-3-5-7-16)31-13-12-19(17-8-10-20(26)21(14-17)34-2)18-9-11-22(32-15-18)25(27,28)29/h3-11,14-15,19,23,31H,12-13H2,1-2H3,(H,30,33)/t19-,23+/m0/s1. The molecule has 3 rings (SSSR count). The highest BCUT2D eigenvalue weighted by molar-refractivity contribution is 6.32. The number of benzene rings is 2. The number of nitrogens with one attached hydrogen (secondary N) is 2. The quantitative estimate of drug-likeness (QED) is 0.423. The molecule has 0 aliphatic heterocycles. The van der Waals surface area contributed by atoms with Crippen LogP contribution in [0.4, 0.5) is 13.2 Å². The largest absolute Gasteiger partial charge is 0.495 e. The van der Waals surface area contributed by atoms with Crippen LogP contribution in [-0.4, -0.2) is 31.6 Å². The summed E-state index contributed by atoms with van der Waals surface area (Å²) in [6.07, 6.45) is -2.80. The summed E-state index contributed by atoms with van der Waals surface area (Å²) in [5.74, 6) is -0.0359. The van der Waals surface area contributed by atoms with Gasteiger partial charge in [0.2, 0.25) is 5.91 Å². The monoisotopic (exact) mass is 491 g/mol. The number of hydrogen-bond acceptors (Lipinski definition) is 4. The first-order chi connectivity index (χ1) is 16.2. The SMILES string of the molecule is CNC(=O)[C@H](NCC[C@H](c1ccc(C(F)(F)F)nc1)c1ccc(Cl)c(OC)c1)c1ccccc1. The summed E-state index contributed by atoms with van der Waals surface area (Å²) in [7, 11) is 3.06. The summed E-state index contributed by atoms with van der Waals surface area (Å²) in [6, 6.07) is 16.4. The number of carbonyl (C=O) groups is 1. The van der Waals surface area contributed by atoms with Crippen LogP contribution in [0.25, 0.3) is 0 Å². The van der Waals surface area contributed by atoms with Crippen LogP contribution in [0.5, 0.6) is 5.75 Å². The number of methoxy groups -OCH3 is 1. The van der Waals surface area contributed by atoms with Gasteiger partial charge in [0.25, 0.3) is 0 Å². The molecule has 9 heteroatoms. The molecular formula is C25H25ClF3N3O2. The Morgan fingerprint density at radius 2 is 1.76 bits per heavy atom. The van der Waals surface area contributed by atoms with Gasteiger partial charge < -0.3 is 15.4 Å². The van der Waals surface area contributed by atoms with Crippen molar-refractivity contribution in [3.05, 3.63) is 94.3 Å². The number of likely N-dealkylation sites (N-methyl/N-ethyl adjacent to an activating group) is 1. The molecule has 0 unspecified atom stereocenters. The van der Waals surface area contributed by atoms with Gasteiger partial charge in [0.1, 0.15) is 17.5 Å². The lowest BCUT2D eigenvalue weighted by molar-refractivity contribution is -0.141. The van der Waals surface area contributed by atoms with E-state index in [-0.39, 0.29) is 11.8 Å². The molecule has 0 radical (unpaired) electrons. The van der Waals surface area contributed by atoms with Crippen molar-refractivity contribution < 1.29 is 22.7 Å². The van der Waals surface area contributed by atoms with E-state index >= 15 is 0 Å². The summed E-state index contributed by atoms with van der Waals surface area (Å²) < 4.78 is 44.3. The fourth-order valence-electron chi connectivity index (χ4n) is 3.72. The maximum absolute atomic E-state index is 13.0. The topological polar surface area (TPSA) is 63.2 Å². The zero-order valence-corrected chi connectivity index (χ0v) is 19.5. The first-order valence-electron chi connectivity index (χ1n) is 10.6. The van der Waals surface area contributed by atoms with Crippen molar-refractivity contribution in [1.82, 2.24) is 15.6 Å². The van der Waals surface area contributed by atoms with Gasteiger partial charge in [-0.3, -0.25) is 9.78 Å². The van der Waals surface area contributed by atoms with Gasteiger partial charge in [-0.1, -0.05) is 54.1 Å². The lowest BCUT2D eigenvalue weighted by Gasteiger charge is -2.22. The first kappa shape index (κ1) is 25.5. The van der Waals surface area contributed by atoms with Gasteiger partial charge >= 0.3 is 6.18 Å². The second kappa shape index (κ2) is 11.4. The second-order valence-corrected chi connectivity index (χ2v) is 8.03. The minimum atomic E-state index is -4.52. The van der Waals surface area contributed by atoms with Crippen LogP contribution in [0.1, 0.15) is 40.8 Å². The van der Waals surface area contributed by atoms with Crippen molar-refractivity contribution in [3.8, 4) is 5.75 Å². The van der Waals surface area contributed by atoms with E-state index in [1.807, 2.05) is 30.3 Å². The van der Waals surface area contributed by atoms with Crippen molar-refractivity contribution in [3.63, 3.8) is 0 Å². The van der Waals surface area contributed by atoms with Gasteiger partial charge in [0.15, 0.2) is 0 Å². The first-order valence-corrected chi connectivity index (χ1v) is 11.0. The summed E-state index contributed by atoms with van der Waals surface area (Å²) in [5, 5.41) is 6.35. The number of alkyl halides is 3. The van der Waals surface area contributed by atoms with E-state index in [0.717, 1.165) is 17.2 Å². The van der Waals surface area contributed by atoms with Gasteiger partial charge in [-0.25, -0.2) is 0 Å². The Morgan fingerprint density at radius 3 is 2.35 bits per heavy atom. The molecule has 0 saturated carbocycles. The molecule has 1 heterocycles. The summed E-state index contributed by atoms with van der Waals surface area (Å²) in [6.45, 7) is 0.406. The molecule has 5 nitrogen and oxygen atoms in total. The van der Waals surface area contributed by atoms with Crippen molar-refractivity contribution in [2.75, 3.05) is 20.7 Å². The molecule has 0 aliphatic carbocycles. The third-order valence-corrected chi connectivity index (χ3v) is 5.79. The number of carbonyl (C=O) groups excluding carboxylic acids is 1. The highest BCUT2D eigenvalue weighted by Crippen LogP contribution is 2.35. The number of ether oxygens (including phenoxy) is 1. The van der Waals surface area contributed by atoms with E-state index < -0.39 is 17.9 Å². The van der Waals surface area contributed by atoms with Crippen LogP contribution in [0.2, 0.25) is 5.02 Å². The number of pyridine rings is 1. The molecule has 2 aromatic carbocycles. The molecule has 0 saturated heterocycles. The summed E-state index contributed by atoms with van der Waals surface area (Å²) in [5.41, 5.74) is 1.27. The fraction of sp³-hybridized carbons (Fsp3) is 0.280. The van der Waals surface area contributed by atoms with Crippen LogP contribution >= 0.6 is 11.6 Å². The Labute approximate surface area is 201 Å². The number of rotatable bonds is 9. The minimum absolute atomic E-state index is 0.188. The highest BCUT2D eigenvalue weighted by Gasteiger charge is 2.32. The predicted octanol–water partition coefficient (Wildman–Crippen LogP) is 5.36. The second-order valence-electron chi connectivity index (χ2n) is 7.62. The Hall–Kier alpha value is -3.10. The Morgan fingerprint density at radius 1 is 1.06 bits per heavy atom. The summed E-state index contributed by atoms with van der Waals surface area (Å²) in [4.78, 5) is 16.1. The zero-order valence-electron chi connectivity index (χ0n) is 18.7. The van der Waals surface area contributed by atoms with Crippen molar-refractivity contribution >= 4 is 17.5 Å². The smallest absolute Gasteiger partial charge is 0.433 e. The van der Waals surface area contributed by atoms with E-state index in [4.69, 9.17) is 16.3 Å².